The SMILES string of the molecule is O=C(O)NC1(CCl)CCCCCC1. The Bertz CT molecular complexity index is 176. The average Bonchev–Trinajstić information content (AvgIpc) is 2.30. The van der Waals surface area contributed by atoms with Gasteiger partial charge < -0.3 is 10.4 Å². The topological polar surface area (TPSA) is 49.3 Å². The van der Waals surface area contributed by atoms with E-state index in [4.69, 9.17) is 16.7 Å². The van der Waals surface area contributed by atoms with Crippen LogP contribution in [0.2, 0.25) is 0 Å². The van der Waals surface area contributed by atoms with E-state index in [1.165, 1.54) is 12.8 Å². The van der Waals surface area contributed by atoms with Gasteiger partial charge in [0, 0.05) is 5.88 Å². The molecule has 0 bridgehead atoms. The van der Waals surface area contributed by atoms with E-state index >= 15 is 0 Å². The van der Waals surface area contributed by atoms with E-state index in [0.29, 0.717) is 5.88 Å². The molecule has 0 atom stereocenters. The summed E-state index contributed by atoms with van der Waals surface area (Å²) < 4.78 is 0. The van der Waals surface area contributed by atoms with Crippen molar-refractivity contribution in [2.24, 2.45) is 0 Å². The van der Waals surface area contributed by atoms with Crippen molar-refractivity contribution in [3.8, 4) is 0 Å². The summed E-state index contributed by atoms with van der Waals surface area (Å²) in [5, 5.41) is 11.3. The first-order valence-corrected chi connectivity index (χ1v) is 5.29. The van der Waals surface area contributed by atoms with Crippen LogP contribution in [0.5, 0.6) is 0 Å². The highest BCUT2D eigenvalue weighted by Crippen LogP contribution is 2.28. The zero-order valence-corrected chi connectivity index (χ0v) is 8.44. The fourth-order valence-electron chi connectivity index (χ4n) is 1.92. The maximum atomic E-state index is 10.6. The molecule has 0 aromatic rings. The van der Waals surface area contributed by atoms with Gasteiger partial charge in [0.15, 0.2) is 0 Å². The molecule has 0 radical (unpaired) electrons. The molecule has 0 saturated heterocycles. The molecule has 1 aliphatic rings. The number of rotatable bonds is 2. The van der Waals surface area contributed by atoms with Crippen molar-refractivity contribution >= 4 is 17.7 Å². The summed E-state index contributed by atoms with van der Waals surface area (Å²) in [6.45, 7) is 0. The van der Waals surface area contributed by atoms with Crippen LogP contribution in [-0.4, -0.2) is 22.6 Å². The minimum Gasteiger partial charge on any atom is -0.465 e. The van der Waals surface area contributed by atoms with Gasteiger partial charge in [-0.3, -0.25) is 0 Å². The first kappa shape index (κ1) is 10.6. The molecule has 4 heteroatoms. The van der Waals surface area contributed by atoms with E-state index in [-0.39, 0.29) is 5.54 Å². The van der Waals surface area contributed by atoms with Crippen molar-refractivity contribution in [2.45, 2.75) is 44.1 Å². The molecule has 0 heterocycles. The number of hydrogen-bond donors (Lipinski definition) is 2. The number of halogens is 1. The van der Waals surface area contributed by atoms with Crippen molar-refractivity contribution in [1.82, 2.24) is 5.32 Å². The number of carbonyl (C=O) groups is 1. The van der Waals surface area contributed by atoms with Gasteiger partial charge in [-0.25, -0.2) is 4.79 Å². The summed E-state index contributed by atoms with van der Waals surface area (Å²) in [5.74, 6) is 0.388. The van der Waals surface area contributed by atoms with E-state index in [9.17, 15) is 4.79 Å². The van der Waals surface area contributed by atoms with Crippen LogP contribution in [-0.2, 0) is 0 Å². The molecule has 2 N–H and O–H groups in total. The predicted octanol–water partition coefficient (Wildman–Crippen LogP) is 2.59. The Morgan fingerprint density at radius 1 is 1.31 bits per heavy atom. The number of amides is 1. The van der Waals surface area contributed by atoms with Gasteiger partial charge in [0.2, 0.25) is 0 Å². The van der Waals surface area contributed by atoms with Crippen molar-refractivity contribution in [3.63, 3.8) is 0 Å². The summed E-state index contributed by atoms with van der Waals surface area (Å²) in [4.78, 5) is 10.6. The molecule has 1 fully saturated rings. The minimum absolute atomic E-state index is 0.357. The van der Waals surface area contributed by atoms with E-state index in [1.807, 2.05) is 0 Å². The molecule has 76 valence electrons. The van der Waals surface area contributed by atoms with Gasteiger partial charge in [-0.1, -0.05) is 25.7 Å². The molecular weight excluding hydrogens is 190 g/mol. The Kier molecular flexibility index (Phi) is 3.85. The fourth-order valence-corrected chi connectivity index (χ4v) is 2.26. The van der Waals surface area contributed by atoms with Crippen molar-refractivity contribution < 1.29 is 9.90 Å². The highest BCUT2D eigenvalue weighted by atomic mass is 35.5. The molecular formula is C9H16ClNO2. The average molecular weight is 206 g/mol. The Hall–Kier alpha value is -0.440. The molecule has 0 aliphatic heterocycles. The molecule has 1 aliphatic carbocycles. The maximum absolute atomic E-state index is 10.6. The van der Waals surface area contributed by atoms with Gasteiger partial charge in [-0.2, -0.15) is 0 Å². The van der Waals surface area contributed by atoms with E-state index in [1.54, 1.807) is 0 Å². The van der Waals surface area contributed by atoms with Gasteiger partial charge in [0.1, 0.15) is 0 Å². The lowest BCUT2D eigenvalue weighted by Gasteiger charge is -2.30. The second kappa shape index (κ2) is 4.70. The van der Waals surface area contributed by atoms with Crippen LogP contribution in [0.4, 0.5) is 4.79 Å². The van der Waals surface area contributed by atoms with Crippen LogP contribution in [0, 0.1) is 0 Å². The lowest BCUT2D eigenvalue weighted by molar-refractivity contribution is 0.176. The standard InChI is InChI=1S/C9H16ClNO2/c10-7-9(11-8(12)13)5-3-1-2-4-6-9/h11H,1-7H2,(H,12,13). The molecule has 0 aromatic carbocycles. The van der Waals surface area contributed by atoms with Crippen LogP contribution in [0.3, 0.4) is 0 Å². The summed E-state index contributed by atoms with van der Waals surface area (Å²) in [5.41, 5.74) is -0.357. The smallest absolute Gasteiger partial charge is 0.405 e. The molecule has 1 rings (SSSR count). The molecule has 1 saturated carbocycles. The van der Waals surface area contributed by atoms with Gasteiger partial charge >= 0.3 is 6.09 Å². The third-order valence-corrected chi connectivity index (χ3v) is 3.20. The lowest BCUT2D eigenvalue weighted by atomic mass is 9.93. The van der Waals surface area contributed by atoms with E-state index in [2.05, 4.69) is 5.32 Å². The monoisotopic (exact) mass is 205 g/mol. The summed E-state index contributed by atoms with van der Waals surface area (Å²) in [7, 11) is 0. The van der Waals surface area contributed by atoms with Crippen LogP contribution >= 0.6 is 11.6 Å². The van der Waals surface area contributed by atoms with Crippen LogP contribution in [0.15, 0.2) is 0 Å². The third-order valence-electron chi connectivity index (χ3n) is 2.69. The zero-order valence-electron chi connectivity index (χ0n) is 7.68. The van der Waals surface area contributed by atoms with Gasteiger partial charge in [-0.05, 0) is 12.8 Å². The van der Waals surface area contributed by atoms with Crippen LogP contribution < -0.4 is 5.32 Å². The predicted molar refractivity (Wildman–Crippen MR) is 52.3 cm³/mol. The number of carboxylic acid groups (broad SMARTS) is 1. The Morgan fingerprint density at radius 2 is 1.85 bits per heavy atom. The van der Waals surface area contributed by atoms with Crippen molar-refractivity contribution in [3.05, 3.63) is 0 Å². The largest absolute Gasteiger partial charge is 0.465 e. The second-order valence-electron chi connectivity index (χ2n) is 3.76. The van der Waals surface area contributed by atoms with Gasteiger partial charge in [0.05, 0.1) is 5.54 Å². The Morgan fingerprint density at radius 3 is 2.23 bits per heavy atom. The number of nitrogens with one attached hydrogen (secondary N) is 1. The normalized spacial score (nSPS) is 21.9. The third kappa shape index (κ3) is 3.07. The van der Waals surface area contributed by atoms with Crippen molar-refractivity contribution in [2.75, 3.05) is 5.88 Å². The minimum atomic E-state index is -0.956. The molecule has 13 heavy (non-hydrogen) atoms. The molecule has 1 amide bonds. The Labute approximate surface area is 83.5 Å². The quantitative estimate of drug-likeness (QED) is 0.538. The van der Waals surface area contributed by atoms with Gasteiger partial charge in [0.25, 0.3) is 0 Å². The maximum Gasteiger partial charge on any atom is 0.405 e. The summed E-state index contributed by atoms with van der Waals surface area (Å²) in [6.07, 6.45) is 5.34. The van der Waals surface area contributed by atoms with Crippen LogP contribution in [0.1, 0.15) is 38.5 Å². The lowest BCUT2D eigenvalue weighted by Crippen LogP contribution is -2.49. The van der Waals surface area contributed by atoms with Crippen LogP contribution in [0.25, 0.3) is 0 Å². The van der Waals surface area contributed by atoms with Gasteiger partial charge in [-0.15, -0.1) is 11.6 Å². The van der Waals surface area contributed by atoms with Crippen molar-refractivity contribution in [1.29, 1.82) is 0 Å². The highest BCUT2D eigenvalue weighted by molar-refractivity contribution is 6.18. The van der Waals surface area contributed by atoms with E-state index < -0.39 is 6.09 Å². The summed E-state index contributed by atoms with van der Waals surface area (Å²) in [6, 6.07) is 0. The zero-order chi connectivity index (χ0) is 9.73. The second-order valence-corrected chi connectivity index (χ2v) is 4.03. The summed E-state index contributed by atoms with van der Waals surface area (Å²) >= 11 is 5.83. The van der Waals surface area contributed by atoms with E-state index in [0.717, 1.165) is 25.7 Å². The number of alkyl halides is 1. The first-order chi connectivity index (χ1) is 6.18. The molecule has 0 unspecified atom stereocenters. The highest BCUT2D eigenvalue weighted by Gasteiger charge is 2.31. The molecule has 0 aromatic heterocycles. The number of hydrogen-bond acceptors (Lipinski definition) is 1. The fraction of sp³-hybridized carbons (Fsp3) is 0.889. The molecule has 0 spiro atoms. The Balaban J connectivity index is 2.58. The first-order valence-electron chi connectivity index (χ1n) is 4.76. The molecule has 3 nitrogen and oxygen atoms in total.